The SMILES string of the molecule is O=C(O)C1CCCN(C(=O)NC2CCc3cc(F)c(F)c(F)c32)C1. The first-order valence-electron chi connectivity index (χ1n) is 7.83. The van der Waals surface area contributed by atoms with Crippen molar-refractivity contribution < 1.29 is 27.9 Å². The molecule has 0 radical (unpaired) electrons. The number of halogens is 3. The normalized spacial score (nSPS) is 23.0. The zero-order valence-corrected chi connectivity index (χ0v) is 12.8. The molecule has 24 heavy (non-hydrogen) atoms. The Morgan fingerprint density at radius 3 is 2.67 bits per heavy atom. The molecule has 1 aromatic carbocycles. The topological polar surface area (TPSA) is 69.6 Å². The van der Waals surface area contributed by atoms with Crippen LogP contribution in [0.2, 0.25) is 0 Å². The molecule has 2 aliphatic rings. The minimum atomic E-state index is -1.54. The number of benzene rings is 1. The number of carboxylic acid groups (broad SMARTS) is 1. The molecule has 3 rings (SSSR count). The molecule has 2 unspecified atom stereocenters. The van der Waals surface area contributed by atoms with Gasteiger partial charge in [-0.1, -0.05) is 0 Å². The largest absolute Gasteiger partial charge is 0.481 e. The van der Waals surface area contributed by atoms with Crippen LogP contribution >= 0.6 is 0 Å². The van der Waals surface area contributed by atoms with Crippen LogP contribution in [0, 0.1) is 23.4 Å². The summed E-state index contributed by atoms with van der Waals surface area (Å²) in [4.78, 5) is 24.8. The Hall–Kier alpha value is -2.25. The smallest absolute Gasteiger partial charge is 0.317 e. The van der Waals surface area contributed by atoms with Gasteiger partial charge in [-0.2, -0.15) is 0 Å². The van der Waals surface area contributed by atoms with Crippen molar-refractivity contribution in [3.8, 4) is 0 Å². The van der Waals surface area contributed by atoms with Gasteiger partial charge in [-0.15, -0.1) is 0 Å². The lowest BCUT2D eigenvalue weighted by Crippen LogP contribution is -2.47. The lowest BCUT2D eigenvalue weighted by molar-refractivity contribution is -0.143. The molecular formula is C16H17F3N2O3. The van der Waals surface area contributed by atoms with Crippen LogP contribution in [0.4, 0.5) is 18.0 Å². The average molecular weight is 342 g/mol. The highest BCUT2D eigenvalue weighted by Crippen LogP contribution is 2.35. The van der Waals surface area contributed by atoms with Crippen LogP contribution in [0.25, 0.3) is 0 Å². The van der Waals surface area contributed by atoms with Gasteiger partial charge in [0.1, 0.15) is 0 Å². The monoisotopic (exact) mass is 342 g/mol. The number of aliphatic carboxylic acids is 1. The van der Waals surface area contributed by atoms with E-state index in [4.69, 9.17) is 5.11 Å². The van der Waals surface area contributed by atoms with Crippen molar-refractivity contribution in [2.45, 2.75) is 31.7 Å². The van der Waals surface area contributed by atoms with Gasteiger partial charge in [0.2, 0.25) is 0 Å². The second kappa shape index (κ2) is 6.33. The highest BCUT2D eigenvalue weighted by Gasteiger charge is 2.33. The van der Waals surface area contributed by atoms with E-state index in [2.05, 4.69) is 5.32 Å². The van der Waals surface area contributed by atoms with Gasteiger partial charge in [0.05, 0.1) is 12.0 Å². The molecule has 5 nitrogen and oxygen atoms in total. The fraction of sp³-hybridized carbons (Fsp3) is 0.500. The van der Waals surface area contributed by atoms with Gasteiger partial charge in [0.25, 0.3) is 0 Å². The van der Waals surface area contributed by atoms with Gasteiger partial charge < -0.3 is 15.3 Å². The van der Waals surface area contributed by atoms with Crippen LogP contribution in [0.5, 0.6) is 0 Å². The molecule has 1 aromatic rings. The summed E-state index contributed by atoms with van der Waals surface area (Å²) in [5.74, 6) is -5.63. The Morgan fingerprint density at radius 1 is 1.21 bits per heavy atom. The summed E-state index contributed by atoms with van der Waals surface area (Å²) in [5.41, 5.74) is 0.327. The second-order valence-corrected chi connectivity index (χ2v) is 6.22. The van der Waals surface area contributed by atoms with E-state index in [-0.39, 0.29) is 12.1 Å². The fourth-order valence-electron chi connectivity index (χ4n) is 3.43. The first-order chi connectivity index (χ1) is 11.4. The molecule has 8 heteroatoms. The molecule has 1 saturated heterocycles. The highest BCUT2D eigenvalue weighted by molar-refractivity contribution is 5.77. The van der Waals surface area contributed by atoms with Gasteiger partial charge in [-0.25, -0.2) is 18.0 Å². The van der Waals surface area contributed by atoms with Crippen LogP contribution in [0.3, 0.4) is 0 Å². The van der Waals surface area contributed by atoms with E-state index in [0.29, 0.717) is 37.8 Å². The standard InChI is InChI=1S/C16H17F3N2O3/c17-10-6-8-3-4-11(12(8)14(19)13(10)18)20-16(24)21-5-1-2-9(7-21)15(22)23/h6,9,11H,1-5,7H2,(H,20,24)(H,22,23). The second-order valence-electron chi connectivity index (χ2n) is 6.22. The molecule has 130 valence electrons. The maximum absolute atomic E-state index is 14.0. The number of aryl methyl sites for hydroxylation is 1. The van der Waals surface area contributed by atoms with E-state index in [1.54, 1.807) is 0 Å². The minimum absolute atomic E-state index is 0.0194. The summed E-state index contributed by atoms with van der Waals surface area (Å²) >= 11 is 0. The number of carbonyl (C=O) groups is 2. The maximum atomic E-state index is 14.0. The van der Waals surface area contributed by atoms with E-state index >= 15 is 0 Å². The first kappa shape index (κ1) is 16.6. The van der Waals surface area contributed by atoms with Crippen molar-refractivity contribution in [3.63, 3.8) is 0 Å². The zero-order valence-electron chi connectivity index (χ0n) is 12.8. The van der Waals surface area contributed by atoms with Crippen molar-refractivity contribution in [1.82, 2.24) is 10.2 Å². The van der Waals surface area contributed by atoms with Crippen molar-refractivity contribution in [2.24, 2.45) is 5.92 Å². The molecule has 2 N–H and O–H groups in total. The molecule has 0 aromatic heterocycles. The molecule has 2 atom stereocenters. The number of hydrogen-bond donors (Lipinski definition) is 2. The Morgan fingerprint density at radius 2 is 1.96 bits per heavy atom. The number of amides is 2. The number of likely N-dealkylation sites (tertiary alicyclic amines) is 1. The van der Waals surface area contributed by atoms with Crippen LogP contribution in [0.1, 0.15) is 36.4 Å². The molecular weight excluding hydrogens is 325 g/mol. The quantitative estimate of drug-likeness (QED) is 0.812. The summed E-state index contributed by atoms with van der Waals surface area (Å²) in [6.45, 7) is 0.496. The predicted molar refractivity (Wildman–Crippen MR) is 77.8 cm³/mol. The van der Waals surface area contributed by atoms with E-state index in [1.807, 2.05) is 0 Å². The lowest BCUT2D eigenvalue weighted by Gasteiger charge is -2.31. The lowest BCUT2D eigenvalue weighted by atomic mass is 9.98. The number of fused-ring (bicyclic) bond motifs is 1. The van der Waals surface area contributed by atoms with E-state index in [9.17, 15) is 22.8 Å². The van der Waals surface area contributed by atoms with Crippen molar-refractivity contribution in [1.29, 1.82) is 0 Å². The van der Waals surface area contributed by atoms with Crippen LogP contribution < -0.4 is 5.32 Å². The number of nitrogens with one attached hydrogen (secondary N) is 1. The molecule has 1 aliphatic carbocycles. The number of nitrogens with zero attached hydrogens (tertiary/aromatic N) is 1. The van der Waals surface area contributed by atoms with E-state index in [0.717, 1.165) is 6.07 Å². The molecule has 1 heterocycles. The summed E-state index contributed by atoms with van der Waals surface area (Å²) in [7, 11) is 0. The van der Waals surface area contributed by atoms with E-state index in [1.165, 1.54) is 4.90 Å². The minimum Gasteiger partial charge on any atom is -0.481 e. The van der Waals surface area contributed by atoms with Crippen LogP contribution in [0.15, 0.2) is 6.07 Å². The number of carboxylic acids is 1. The Bertz CT molecular complexity index is 696. The predicted octanol–water partition coefficient (Wildman–Crippen LogP) is 2.60. The molecule has 0 spiro atoms. The fourth-order valence-corrected chi connectivity index (χ4v) is 3.43. The van der Waals surface area contributed by atoms with Crippen LogP contribution in [-0.4, -0.2) is 35.1 Å². The third-order valence-electron chi connectivity index (χ3n) is 4.69. The zero-order chi connectivity index (χ0) is 17.4. The average Bonchev–Trinajstić information content (AvgIpc) is 2.95. The number of urea groups is 1. The van der Waals surface area contributed by atoms with Crippen molar-refractivity contribution in [3.05, 3.63) is 34.6 Å². The number of piperidine rings is 1. The molecule has 2 amide bonds. The van der Waals surface area contributed by atoms with Gasteiger partial charge in [0.15, 0.2) is 17.5 Å². The van der Waals surface area contributed by atoms with Gasteiger partial charge >= 0.3 is 12.0 Å². The summed E-state index contributed by atoms with van der Waals surface area (Å²) in [5, 5.41) is 11.7. The number of hydrogen-bond acceptors (Lipinski definition) is 2. The summed E-state index contributed by atoms with van der Waals surface area (Å²) in [6, 6.07) is -0.294. The first-order valence-corrected chi connectivity index (χ1v) is 7.83. The van der Waals surface area contributed by atoms with Crippen LogP contribution in [-0.2, 0) is 11.2 Å². The highest BCUT2D eigenvalue weighted by atomic mass is 19.2. The molecule has 0 saturated carbocycles. The van der Waals surface area contributed by atoms with Crippen molar-refractivity contribution >= 4 is 12.0 Å². The van der Waals surface area contributed by atoms with Gasteiger partial charge in [-0.05, 0) is 37.3 Å². The van der Waals surface area contributed by atoms with Crippen molar-refractivity contribution in [2.75, 3.05) is 13.1 Å². The third kappa shape index (κ3) is 2.92. The molecule has 1 fully saturated rings. The number of rotatable bonds is 2. The summed E-state index contributed by atoms with van der Waals surface area (Å²) in [6.07, 6.45) is 1.76. The Kier molecular flexibility index (Phi) is 4.38. The molecule has 1 aliphatic heterocycles. The van der Waals surface area contributed by atoms with Gasteiger partial charge in [-0.3, -0.25) is 4.79 Å². The summed E-state index contributed by atoms with van der Waals surface area (Å²) < 4.78 is 40.7. The number of carbonyl (C=O) groups excluding carboxylic acids is 1. The van der Waals surface area contributed by atoms with E-state index < -0.39 is 41.4 Å². The third-order valence-corrected chi connectivity index (χ3v) is 4.69. The Balaban J connectivity index is 1.74. The molecule has 0 bridgehead atoms. The van der Waals surface area contributed by atoms with Gasteiger partial charge in [0, 0.05) is 18.7 Å². The maximum Gasteiger partial charge on any atom is 0.317 e. The Labute approximate surface area is 136 Å².